The third-order valence-electron chi connectivity index (χ3n) is 5.72. The zero-order valence-electron chi connectivity index (χ0n) is 13.5. The summed E-state index contributed by atoms with van der Waals surface area (Å²) >= 11 is 0. The molecule has 2 nitrogen and oxygen atoms in total. The van der Waals surface area contributed by atoms with E-state index in [-0.39, 0.29) is 0 Å². The maximum Gasteiger partial charge on any atom is 0.0156 e. The van der Waals surface area contributed by atoms with Crippen molar-refractivity contribution in [3.05, 3.63) is 0 Å². The van der Waals surface area contributed by atoms with E-state index in [1.54, 1.807) is 0 Å². The Balaban J connectivity index is 1.98. The van der Waals surface area contributed by atoms with Crippen molar-refractivity contribution in [1.29, 1.82) is 0 Å². The molecule has 1 N–H and O–H groups in total. The van der Waals surface area contributed by atoms with Gasteiger partial charge >= 0.3 is 0 Å². The summed E-state index contributed by atoms with van der Waals surface area (Å²) in [5, 5.41) is 3.62. The van der Waals surface area contributed by atoms with E-state index in [2.05, 4.69) is 38.0 Å². The zero-order valence-corrected chi connectivity index (χ0v) is 13.5. The second kappa shape index (κ2) is 6.58. The SMILES string of the molecule is CCC1CCCCCN1CC1CCC(C)(C)C1NC. The molecule has 1 saturated heterocycles. The quantitative estimate of drug-likeness (QED) is 0.835. The first-order valence-electron chi connectivity index (χ1n) is 8.49. The third-order valence-corrected chi connectivity index (χ3v) is 5.72. The van der Waals surface area contributed by atoms with Gasteiger partial charge in [-0.15, -0.1) is 0 Å². The van der Waals surface area contributed by atoms with Crippen molar-refractivity contribution in [1.82, 2.24) is 10.2 Å². The molecule has 3 unspecified atom stereocenters. The second-order valence-corrected chi connectivity index (χ2v) is 7.46. The molecule has 0 bridgehead atoms. The van der Waals surface area contributed by atoms with E-state index >= 15 is 0 Å². The number of nitrogens with zero attached hydrogens (tertiary/aromatic N) is 1. The third kappa shape index (κ3) is 3.52. The molecule has 1 saturated carbocycles. The Hall–Kier alpha value is -0.0800. The van der Waals surface area contributed by atoms with Crippen molar-refractivity contribution >= 4 is 0 Å². The fourth-order valence-corrected chi connectivity index (χ4v) is 4.58. The molecule has 2 rings (SSSR count). The van der Waals surface area contributed by atoms with Crippen LogP contribution in [0.1, 0.15) is 65.7 Å². The van der Waals surface area contributed by atoms with E-state index in [0.29, 0.717) is 11.5 Å². The first kappa shape index (κ1) is 15.3. The molecule has 19 heavy (non-hydrogen) atoms. The van der Waals surface area contributed by atoms with Gasteiger partial charge in [0.1, 0.15) is 0 Å². The summed E-state index contributed by atoms with van der Waals surface area (Å²) in [4.78, 5) is 2.82. The number of rotatable bonds is 4. The van der Waals surface area contributed by atoms with Crippen molar-refractivity contribution in [2.24, 2.45) is 11.3 Å². The summed E-state index contributed by atoms with van der Waals surface area (Å²) < 4.78 is 0. The highest BCUT2D eigenvalue weighted by Gasteiger charge is 2.41. The monoisotopic (exact) mass is 266 g/mol. The molecule has 0 aromatic heterocycles. The molecule has 0 amide bonds. The summed E-state index contributed by atoms with van der Waals surface area (Å²) in [6.07, 6.45) is 9.85. The summed E-state index contributed by atoms with van der Waals surface area (Å²) in [6.45, 7) is 9.91. The predicted octanol–water partition coefficient (Wildman–Crippen LogP) is 3.67. The van der Waals surface area contributed by atoms with Gasteiger partial charge in [0.25, 0.3) is 0 Å². The van der Waals surface area contributed by atoms with E-state index in [4.69, 9.17) is 0 Å². The van der Waals surface area contributed by atoms with Gasteiger partial charge in [-0.1, -0.05) is 33.6 Å². The molecule has 1 aliphatic heterocycles. The van der Waals surface area contributed by atoms with E-state index in [1.165, 1.54) is 58.0 Å². The van der Waals surface area contributed by atoms with E-state index < -0.39 is 0 Å². The Morgan fingerprint density at radius 2 is 1.95 bits per heavy atom. The van der Waals surface area contributed by atoms with E-state index in [9.17, 15) is 0 Å². The van der Waals surface area contributed by atoms with Crippen LogP contribution in [-0.2, 0) is 0 Å². The van der Waals surface area contributed by atoms with Crippen LogP contribution in [0.2, 0.25) is 0 Å². The molecular weight excluding hydrogens is 232 g/mol. The Kier molecular flexibility index (Phi) is 5.30. The molecule has 112 valence electrons. The average Bonchev–Trinajstić information content (AvgIpc) is 2.54. The van der Waals surface area contributed by atoms with Gasteiger partial charge in [-0.25, -0.2) is 0 Å². The van der Waals surface area contributed by atoms with Crippen molar-refractivity contribution < 1.29 is 0 Å². The maximum absolute atomic E-state index is 3.62. The van der Waals surface area contributed by atoms with Gasteiger partial charge in [0, 0.05) is 18.6 Å². The van der Waals surface area contributed by atoms with Crippen molar-refractivity contribution in [2.75, 3.05) is 20.1 Å². The summed E-state index contributed by atoms with van der Waals surface area (Å²) in [7, 11) is 2.16. The Bertz CT molecular complexity index is 272. The number of hydrogen-bond donors (Lipinski definition) is 1. The molecule has 1 heterocycles. The lowest BCUT2D eigenvalue weighted by atomic mass is 9.84. The Morgan fingerprint density at radius 1 is 1.16 bits per heavy atom. The summed E-state index contributed by atoms with van der Waals surface area (Å²) in [5.74, 6) is 0.854. The van der Waals surface area contributed by atoms with Crippen LogP contribution in [0.15, 0.2) is 0 Å². The molecule has 2 aliphatic rings. The predicted molar refractivity (Wildman–Crippen MR) is 83.5 cm³/mol. The fraction of sp³-hybridized carbons (Fsp3) is 1.00. The van der Waals surface area contributed by atoms with Crippen molar-refractivity contribution in [3.63, 3.8) is 0 Å². The van der Waals surface area contributed by atoms with Crippen LogP contribution in [0.4, 0.5) is 0 Å². The van der Waals surface area contributed by atoms with E-state index in [1.807, 2.05) is 0 Å². The van der Waals surface area contributed by atoms with Crippen LogP contribution in [0, 0.1) is 11.3 Å². The minimum Gasteiger partial charge on any atom is -0.316 e. The lowest BCUT2D eigenvalue weighted by molar-refractivity contribution is 0.144. The van der Waals surface area contributed by atoms with Gasteiger partial charge in [0.15, 0.2) is 0 Å². The lowest BCUT2D eigenvalue weighted by Gasteiger charge is -2.36. The van der Waals surface area contributed by atoms with Crippen LogP contribution in [-0.4, -0.2) is 37.1 Å². The molecular formula is C17H34N2. The van der Waals surface area contributed by atoms with Crippen LogP contribution in [0.3, 0.4) is 0 Å². The lowest BCUT2D eigenvalue weighted by Crippen LogP contribution is -2.46. The minimum atomic E-state index is 0.479. The normalized spacial score (nSPS) is 36.3. The Morgan fingerprint density at radius 3 is 2.63 bits per heavy atom. The maximum atomic E-state index is 3.62. The summed E-state index contributed by atoms with van der Waals surface area (Å²) in [5.41, 5.74) is 0.479. The molecule has 0 spiro atoms. The van der Waals surface area contributed by atoms with Gasteiger partial charge in [-0.2, -0.15) is 0 Å². The first-order chi connectivity index (χ1) is 9.08. The van der Waals surface area contributed by atoms with Gasteiger partial charge < -0.3 is 10.2 Å². The zero-order chi connectivity index (χ0) is 13.9. The van der Waals surface area contributed by atoms with Crippen molar-refractivity contribution in [3.8, 4) is 0 Å². The second-order valence-electron chi connectivity index (χ2n) is 7.46. The number of hydrogen-bond acceptors (Lipinski definition) is 2. The molecule has 2 fully saturated rings. The van der Waals surface area contributed by atoms with Gasteiger partial charge in [0.2, 0.25) is 0 Å². The largest absolute Gasteiger partial charge is 0.316 e. The van der Waals surface area contributed by atoms with Crippen LogP contribution in [0.5, 0.6) is 0 Å². The molecule has 0 aromatic carbocycles. The summed E-state index contributed by atoms with van der Waals surface area (Å²) in [6, 6.07) is 1.55. The van der Waals surface area contributed by atoms with Gasteiger partial charge in [0.05, 0.1) is 0 Å². The molecule has 3 atom stereocenters. The molecule has 0 radical (unpaired) electrons. The molecule has 1 aliphatic carbocycles. The highest BCUT2D eigenvalue weighted by molar-refractivity contribution is 4.97. The molecule has 2 heteroatoms. The van der Waals surface area contributed by atoms with Gasteiger partial charge in [-0.05, 0) is 57.0 Å². The number of likely N-dealkylation sites (tertiary alicyclic amines) is 1. The van der Waals surface area contributed by atoms with Gasteiger partial charge in [-0.3, -0.25) is 0 Å². The molecule has 0 aromatic rings. The topological polar surface area (TPSA) is 15.3 Å². The minimum absolute atomic E-state index is 0.479. The van der Waals surface area contributed by atoms with Crippen LogP contribution in [0.25, 0.3) is 0 Å². The first-order valence-corrected chi connectivity index (χ1v) is 8.49. The van der Waals surface area contributed by atoms with Crippen LogP contribution >= 0.6 is 0 Å². The number of nitrogens with one attached hydrogen (secondary N) is 1. The average molecular weight is 266 g/mol. The van der Waals surface area contributed by atoms with Crippen LogP contribution < -0.4 is 5.32 Å². The Labute approximate surface area is 120 Å². The standard InChI is InChI=1S/C17H34N2/c1-5-15-9-7-6-8-12-19(15)13-14-10-11-17(2,3)16(14)18-4/h14-16,18H,5-13H2,1-4H3. The smallest absolute Gasteiger partial charge is 0.0156 e. The fourth-order valence-electron chi connectivity index (χ4n) is 4.58. The highest BCUT2D eigenvalue weighted by atomic mass is 15.2. The highest BCUT2D eigenvalue weighted by Crippen LogP contribution is 2.41. The van der Waals surface area contributed by atoms with Crippen molar-refractivity contribution in [2.45, 2.75) is 77.8 Å². The van der Waals surface area contributed by atoms with E-state index in [0.717, 1.165) is 12.0 Å².